The molecule has 0 aliphatic rings. The Morgan fingerprint density at radius 2 is 2.00 bits per heavy atom. The molecule has 0 saturated carbocycles. The van der Waals surface area contributed by atoms with Crippen molar-refractivity contribution in [3.63, 3.8) is 0 Å². The van der Waals surface area contributed by atoms with Crippen LogP contribution >= 0.6 is 22.6 Å². The van der Waals surface area contributed by atoms with Gasteiger partial charge in [0.15, 0.2) is 0 Å². The van der Waals surface area contributed by atoms with Crippen LogP contribution in [-0.2, 0) is 27.1 Å². The highest BCUT2D eigenvalue weighted by atomic mass is 127. The predicted octanol–water partition coefficient (Wildman–Crippen LogP) is 0.128. The average Bonchev–Trinajstić information content (AvgIpc) is 2.73. The minimum Gasteiger partial charge on any atom is -0.338 e. The Morgan fingerprint density at radius 3 is 2.61 bits per heavy atom. The van der Waals surface area contributed by atoms with Crippen molar-refractivity contribution in [1.82, 2.24) is 18.7 Å². The maximum Gasteiger partial charge on any atom is 0.330 e. The zero-order valence-electron chi connectivity index (χ0n) is 10.1. The van der Waals surface area contributed by atoms with Crippen LogP contribution in [-0.4, -0.2) is 18.7 Å². The van der Waals surface area contributed by atoms with E-state index in [-0.39, 0.29) is 11.2 Å². The minimum absolute atomic E-state index is 0.243. The monoisotopic (exact) mass is 360 g/mol. The maximum atomic E-state index is 11.9. The van der Waals surface area contributed by atoms with Gasteiger partial charge in [-0.05, 0) is 22.6 Å². The van der Waals surface area contributed by atoms with Crippen molar-refractivity contribution >= 4 is 22.6 Å². The summed E-state index contributed by atoms with van der Waals surface area (Å²) in [5, 5.41) is 0. The summed E-state index contributed by atoms with van der Waals surface area (Å²) in [6.07, 6.45) is 5.64. The fourth-order valence-electron chi connectivity index (χ4n) is 1.73. The molecule has 6 nitrogen and oxygen atoms in total. The van der Waals surface area contributed by atoms with Crippen molar-refractivity contribution in [3.8, 4) is 0 Å². The lowest BCUT2D eigenvalue weighted by molar-refractivity contribution is 0.568. The van der Waals surface area contributed by atoms with Gasteiger partial charge >= 0.3 is 5.69 Å². The second kappa shape index (κ2) is 5.09. The van der Waals surface area contributed by atoms with E-state index in [2.05, 4.69) is 4.98 Å². The average molecular weight is 360 g/mol. The van der Waals surface area contributed by atoms with E-state index >= 15 is 0 Å². The smallest absolute Gasteiger partial charge is 0.330 e. The Hall–Kier alpha value is -1.38. The summed E-state index contributed by atoms with van der Waals surface area (Å²) in [6, 6.07) is 0. The molecule has 0 saturated heterocycles. The number of rotatable bonds is 3. The molecule has 7 heteroatoms. The molecule has 2 heterocycles. The lowest BCUT2D eigenvalue weighted by Gasteiger charge is -2.07. The number of halogens is 1. The summed E-state index contributed by atoms with van der Waals surface area (Å²) in [5.74, 6) is 0.850. The molecule has 0 radical (unpaired) electrons. The fraction of sp³-hybridized carbons (Fsp3) is 0.364. The first-order chi connectivity index (χ1) is 8.50. The van der Waals surface area contributed by atoms with E-state index in [1.807, 2.05) is 40.4 Å². The first kappa shape index (κ1) is 13.1. The minimum atomic E-state index is -0.297. The molecule has 0 fully saturated rings. The summed E-state index contributed by atoms with van der Waals surface area (Å²) in [4.78, 5) is 28.0. The van der Waals surface area contributed by atoms with Gasteiger partial charge in [0.25, 0.3) is 5.56 Å². The van der Waals surface area contributed by atoms with Gasteiger partial charge in [-0.15, -0.1) is 0 Å². The summed E-state index contributed by atoms with van der Waals surface area (Å²) in [7, 11) is 3.53. The summed E-state index contributed by atoms with van der Waals surface area (Å²) < 4.78 is 5.08. The van der Waals surface area contributed by atoms with Crippen LogP contribution in [0.1, 0.15) is 5.82 Å². The van der Waals surface area contributed by atoms with Crippen LogP contribution in [0.5, 0.6) is 0 Å². The Morgan fingerprint density at radius 1 is 1.28 bits per heavy atom. The number of hydrogen-bond acceptors (Lipinski definition) is 3. The molecule has 0 bridgehead atoms. The number of nitrogens with zero attached hydrogens (tertiary/aromatic N) is 4. The normalized spacial score (nSPS) is 10.8. The van der Waals surface area contributed by atoms with E-state index in [4.69, 9.17) is 0 Å². The van der Waals surface area contributed by atoms with Crippen molar-refractivity contribution in [2.45, 2.75) is 13.0 Å². The van der Waals surface area contributed by atoms with Crippen LogP contribution in [0.2, 0.25) is 0 Å². The van der Waals surface area contributed by atoms with Gasteiger partial charge in [-0.2, -0.15) is 0 Å². The number of hydrogen-bond donors (Lipinski definition) is 0. The quantitative estimate of drug-likeness (QED) is 0.731. The maximum absolute atomic E-state index is 11.9. The Bertz CT molecular complexity index is 649. The molecule has 0 N–H and O–H groups in total. The Kier molecular flexibility index (Phi) is 3.69. The zero-order valence-corrected chi connectivity index (χ0v) is 12.3. The van der Waals surface area contributed by atoms with Gasteiger partial charge in [0.2, 0.25) is 0 Å². The van der Waals surface area contributed by atoms with E-state index in [1.54, 1.807) is 19.4 Å². The summed E-state index contributed by atoms with van der Waals surface area (Å²) in [5.41, 5.74) is -0.539. The first-order valence-corrected chi connectivity index (χ1v) is 6.50. The van der Waals surface area contributed by atoms with Crippen LogP contribution in [0.25, 0.3) is 0 Å². The van der Waals surface area contributed by atoms with Crippen molar-refractivity contribution in [2.24, 2.45) is 14.1 Å². The molecule has 0 aromatic carbocycles. The molecule has 2 aromatic rings. The Balaban J connectivity index is 2.33. The molecule has 2 aromatic heterocycles. The van der Waals surface area contributed by atoms with Gasteiger partial charge in [-0.25, -0.2) is 9.78 Å². The van der Waals surface area contributed by atoms with E-state index < -0.39 is 0 Å². The van der Waals surface area contributed by atoms with Crippen molar-refractivity contribution in [3.05, 3.63) is 48.8 Å². The van der Waals surface area contributed by atoms with Gasteiger partial charge < -0.3 is 9.13 Å². The second-order valence-corrected chi connectivity index (χ2v) is 5.19. The van der Waals surface area contributed by atoms with Gasteiger partial charge in [-0.1, -0.05) is 0 Å². The van der Waals surface area contributed by atoms with Crippen molar-refractivity contribution in [1.29, 1.82) is 0 Å². The highest BCUT2D eigenvalue weighted by Crippen LogP contribution is 1.97. The molecule has 0 aliphatic carbocycles. The van der Waals surface area contributed by atoms with Crippen LogP contribution in [0.3, 0.4) is 0 Å². The molecule has 0 amide bonds. The highest BCUT2D eigenvalue weighted by molar-refractivity contribution is 14.1. The van der Waals surface area contributed by atoms with Gasteiger partial charge in [-0.3, -0.25) is 9.36 Å². The van der Waals surface area contributed by atoms with E-state index in [0.717, 1.165) is 5.82 Å². The zero-order chi connectivity index (χ0) is 13.3. The molecule has 96 valence electrons. The lowest BCUT2D eigenvalue weighted by atomic mass is 10.4. The van der Waals surface area contributed by atoms with Crippen molar-refractivity contribution in [2.75, 3.05) is 0 Å². The number of aromatic nitrogens is 4. The fourth-order valence-corrected chi connectivity index (χ4v) is 2.44. The SMILES string of the molecule is Cn1ccnc1CCn1c(=O)c(I)cn(C)c1=O. The molecule has 0 aliphatic heterocycles. The van der Waals surface area contributed by atoms with Gasteiger partial charge in [0.05, 0.1) is 3.57 Å². The molecular formula is C11H13IN4O2. The second-order valence-electron chi connectivity index (χ2n) is 4.03. The van der Waals surface area contributed by atoms with E-state index in [1.165, 1.54) is 9.13 Å². The third-order valence-electron chi connectivity index (χ3n) is 2.77. The third-order valence-corrected chi connectivity index (χ3v) is 3.51. The lowest BCUT2D eigenvalue weighted by Crippen LogP contribution is -2.40. The Labute approximate surface area is 117 Å². The molecule has 0 unspecified atom stereocenters. The van der Waals surface area contributed by atoms with Crippen molar-refractivity contribution < 1.29 is 0 Å². The number of imidazole rings is 1. The highest BCUT2D eigenvalue weighted by Gasteiger charge is 2.08. The summed E-state index contributed by atoms with van der Waals surface area (Å²) >= 11 is 1.94. The standard InChI is InChI=1S/C11H13IN4O2/c1-14-6-4-13-9(14)3-5-16-10(17)8(12)7-15(2)11(16)18/h4,6-7H,3,5H2,1-2H3. The van der Waals surface area contributed by atoms with Crippen LogP contribution < -0.4 is 11.2 Å². The third kappa shape index (κ3) is 2.40. The van der Waals surface area contributed by atoms with Crippen LogP contribution in [0, 0.1) is 3.57 Å². The first-order valence-electron chi connectivity index (χ1n) is 5.43. The molecular weight excluding hydrogens is 347 g/mol. The topological polar surface area (TPSA) is 61.8 Å². The van der Waals surface area contributed by atoms with Gasteiger partial charge in [0, 0.05) is 45.7 Å². The molecule has 2 rings (SSSR count). The largest absolute Gasteiger partial charge is 0.338 e. The van der Waals surface area contributed by atoms with Crippen LogP contribution in [0.4, 0.5) is 0 Å². The molecule has 0 spiro atoms. The summed E-state index contributed by atoms with van der Waals surface area (Å²) in [6.45, 7) is 0.340. The number of aryl methyl sites for hydroxylation is 3. The molecule has 0 atom stereocenters. The molecule has 18 heavy (non-hydrogen) atoms. The van der Waals surface area contributed by atoms with Crippen LogP contribution in [0.15, 0.2) is 28.2 Å². The predicted molar refractivity (Wildman–Crippen MR) is 75.6 cm³/mol. The van der Waals surface area contributed by atoms with E-state index in [0.29, 0.717) is 16.5 Å². The van der Waals surface area contributed by atoms with E-state index in [9.17, 15) is 9.59 Å². The van der Waals surface area contributed by atoms with Gasteiger partial charge in [0.1, 0.15) is 5.82 Å².